The van der Waals surface area contributed by atoms with Crippen LogP contribution in [0.1, 0.15) is 50.9 Å². The quantitative estimate of drug-likeness (QED) is 0.467. The average Bonchev–Trinajstić information content (AvgIpc) is 3.24. The molecule has 1 aromatic carbocycles. The molecule has 0 aliphatic heterocycles. The summed E-state index contributed by atoms with van der Waals surface area (Å²) in [4.78, 5) is 17.6. The summed E-state index contributed by atoms with van der Waals surface area (Å²) in [5.41, 5.74) is 4.61. The summed E-state index contributed by atoms with van der Waals surface area (Å²) >= 11 is 0. The number of nitrogens with one attached hydrogen (secondary N) is 1. The Morgan fingerprint density at radius 1 is 1.28 bits per heavy atom. The summed E-state index contributed by atoms with van der Waals surface area (Å²) in [6, 6.07) is 7.25. The van der Waals surface area contributed by atoms with E-state index in [2.05, 4.69) is 30.2 Å². The molecule has 2 heterocycles. The molecule has 0 radical (unpaired) electrons. The summed E-state index contributed by atoms with van der Waals surface area (Å²) < 4.78 is 9.17. The van der Waals surface area contributed by atoms with Gasteiger partial charge in [0.15, 0.2) is 0 Å². The minimum absolute atomic E-state index is 0.0964. The topological polar surface area (TPSA) is 81.3 Å². The summed E-state index contributed by atoms with van der Waals surface area (Å²) in [5.74, 6) is 0.651. The van der Waals surface area contributed by atoms with Crippen LogP contribution in [-0.2, 0) is 6.61 Å². The number of hydrogen-bond donors (Lipinski definition) is 2. The molecule has 0 amide bonds. The van der Waals surface area contributed by atoms with Gasteiger partial charge in [-0.2, -0.15) is 0 Å². The molecule has 3 aromatic rings. The van der Waals surface area contributed by atoms with Gasteiger partial charge in [-0.15, -0.1) is 0 Å². The molecule has 0 spiro atoms. The van der Waals surface area contributed by atoms with Crippen LogP contribution in [0, 0.1) is 6.92 Å². The number of anilines is 2. The van der Waals surface area contributed by atoms with Crippen molar-refractivity contribution < 1.29 is 9.84 Å². The molecule has 7 heteroatoms. The van der Waals surface area contributed by atoms with E-state index in [4.69, 9.17) is 4.74 Å². The zero-order chi connectivity index (χ0) is 23.3. The number of rotatable bonds is 9. The molecule has 2 aromatic heterocycles. The molecule has 0 aliphatic carbocycles. The Kier molecular flexibility index (Phi) is 7.53. The Morgan fingerprint density at radius 3 is 2.66 bits per heavy atom. The van der Waals surface area contributed by atoms with E-state index in [-0.39, 0.29) is 18.2 Å². The van der Waals surface area contributed by atoms with Crippen LogP contribution in [0.2, 0.25) is 0 Å². The van der Waals surface area contributed by atoms with Crippen LogP contribution in [0.25, 0.3) is 5.69 Å². The van der Waals surface area contributed by atoms with E-state index in [1.54, 1.807) is 30.3 Å². The third-order valence-corrected chi connectivity index (χ3v) is 5.56. The standard InChI is InChI=1S/C25H32N4O3/c1-6-8-20(7-2)18(4)29-14-19(15-30)11-22(25(29)31)27-21-9-10-23(24(12-21)32-5)28-13-17(3)26-16-28/h8-14,16,18,27,30H,6-7,15H2,1-5H3/b20-8+. The minimum atomic E-state index is -0.150. The third kappa shape index (κ3) is 4.94. The molecule has 7 nitrogen and oxygen atoms in total. The first-order chi connectivity index (χ1) is 15.4. The van der Waals surface area contributed by atoms with E-state index in [0.29, 0.717) is 22.7 Å². The summed E-state index contributed by atoms with van der Waals surface area (Å²) in [6.07, 6.45) is 9.33. The van der Waals surface area contributed by atoms with Gasteiger partial charge < -0.3 is 24.3 Å². The SMILES string of the molecule is CC/C=C(\CC)C(C)n1cc(CO)cc(Nc2ccc(-n3cnc(C)c3)c(OC)c2)c1=O. The van der Waals surface area contributed by atoms with Crippen LogP contribution in [-0.4, -0.2) is 26.3 Å². The second kappa shape index (κ2) is 10.3. The van der Waals surface area contributed by atoms with Crippen molar-refractivity contribution in [2.45, 2.75) is 53.2 Å². The number of aryl methyl sites for hydroxylation is 1. The van der Waals surface area contributed by atoms with Crippen molar-refractivity contribution in [2.75, 3.05) is 12.4 Å². The fourth-order valence-electron chi connectivity index (χ4n) is 3.85. The van der Waals surface area contributed by atoms with Crippen molar-refractivity contribution >= 4 is 11.4 Å². The fourth-order valence-corrected chi connectivity index (χ4v) is 3.85. The van der Waals surface area contributed by atoms with Crippen LogP contribution in [0.15, 0.2) is 59.4 Å². The van der Waals surface area contributed by atoms with Gasteiger partial charge in [0, 0.05) is 24.1 Å². The van der Waals surface area contributed by atoms with Crippen LogP contribution in [0.4, 0.5) is 11.4 Å². The number of allylic oxidation sites excluding steroid dienone is 2. The lowest BCUT2D eigenvalue weighted by Crippen LogP contribution is -2.26. The van der Waals surface area contributed by atoms with Gasteiger partial charge in [0.1, 0.15) is 11.4 Å². The summed E-state index contributed by atoms with van der Waals surface area (Å²) in [6.45, 7) is 7.97. The smallest absolute Gasteiger partial charge is 0.274 e. The molecule has 3 rings (SSSR count). The number of aliphatic hydroxyl groups excluding tert-OH is 1. The second-order valence-electron chi connectivity index (χ2n) is 7.78. The molecule has 32 heavy (non-hydrogen) atoms. The first-order valence-corrected chi connectivity index (χ1v) is 10.9. The summed E-state index contributed by atoms with van der Waals surface area (Å²) in [7, 11) is 1.61. The van der Waals surface area contributed by atoms with Gasteiger partial charge in [-0.25, -0.2) is 4.98 Å². The highest BCUT2D eigenvalue weighted by Crippen LogP contribution is 2.29. The molecule has 0 fully saturated rings. The predicted octanol–water partition coefficient (Wildman–Crippen LogP) is 4.89. The maximum absolute atomic E-state index is 13.3. The van der Waals surface area contributed by atoms with Gasteiger partial charge in [0.05, 0.1) is 37.5 Å². The van der Waals surface area contributed by atoms with Crippen LogP contribution in [0.5, 0.6) is 5.75 Å². The van der Waals surface area contributed by atoms with Gasteiger partial charge >= 0.3 is 0 Å². The molecule has 170 valence electrons. The third-order valence-electron chi connectivity index (χ3n) is 5.56. The highest BCUT2D eigenvalue weighted by Gasteiger charge is 2.15. The Bertz CT molecular complexity index is 1160. The number of imidazole rings is 1. The monoisotopic (exact) mass is 436 g/mol. The number of methoxy groups -OCH3 is 1. The molecule has 0 saturated carbocycles. The van der Waals surface area contributed by atoms with Gasteiger partial charge in [0.2, 0.25) is 0 Å². The molecule has 0 saturated heterocycles. The number of aliphatic hydroxyl groups is 1. The van der Waals surface area contributed by atoms with Crippen molar-refractivity contribution in [3.8, 4) is 11.4 Å². The number of nitrogens with zero attached hydrogens (tertiary/aromatic N) is 3. The second-order valence-corrected chi connectivity index (χ2v) is 7.78. The number of hydrogen-bond acceptors (Lipinski definition) is 5. The molecule has 1 atom stereocenters. The molecular weight excluding hydrogens is 404 g/mol. The Labute approximate surface area is 189 Å². The lowest BCUT2D eigenvalue weighted by atomic mass is 10.0. The first kappa shape index (κ1) is 23.3. The summed E-state index contributed by atoms with van der Waals surface area (Å²) in [5, 5.41) is 13.0. The molecular formula is C25H32N4O3. The van der Waals surface area contributed by atoms with Gasteiger partial charge in [-0.1, -0.05) is 25.5 Å². The Morgan fingerprint density at radius 2 is 2.06 bits per heavy atom. The number of benzene rings is 1. The maximum atomic E-state index is 13.3. The zero-order valence-electron chi connectivity index (χ0n) is 19.4. The lowest BCUT2D eigenvalue weighted by molar-refractivity contribution is 0.280. The molecule has 1 unspecified atom stereocenters. The number of pyridine rings is 1. The van der Waals surface area contributed by atoms with E-state index >= 15 is 0 Å². The Hall–Kier alpha value is -3.32. The van der Waals surface area contributed by atoms with Crippen molar-refractivity contribution in [1.29, 1.82) is 0 Å². The van der Waals surface area contributed by atoms with E-state index in [1.807, 2.05) is 42.8 Å². The number of ether oxygens (including phenoxy) is 1. The van der Waals surface area contributed by atoms with Gasteiger partial charge in [-0.05, 0) is 50.5 Å². The number of aromatic nitrogens is 3. The first-order valence-electron chi connectivity index (χ1n) is 10.9. The highest BCUT2D eigenvalue weighted by atomic mass is 16.5. The zero-order valence-corrected chi connectivity index (χ0v) is 19.4. The van der Waals surface area contributed by atoms with Crippen molar-refractivity contribution in [3.05, 3.63) is 76.2 Å². The molecule has 0 bridgehead atoms. The average molecular weight is 437 g/mol. The molecule has 2 N–H and O–H groups in total. The van der Waals surface area contributed by atoms with Gasteiger partial charge in [-0.3, -0.25) is 4.79 Å². The van der Waals surface area contributed by atoms with Crippen molar-refractivity contribution in [1.82, 2.24) is 14.1 Å². The lowest BCUT2D eigenvalue weighted by Gasteiger charge is -2.21. The van der Waals surface area contributed by atoms with Crippen molar-refractivity contribution in [2.24, 2.45) is 0 Å². The largest absolute Gasteiger partial charge is 0.494 e. The van der Waals surface area contributed by atoms with E-state index in [1.165, 1.54) is 5.57 Å². The Balaban J connectivity index is 2.00. The van der Waals surface area contributed by atoms with E-state index in [9.17, 15) is 9.90 Å². The van der Waals surface area contributed by atoms with E-state index in [0.717, 1.165) is 24.2 Å². The maximum Gasteiger partial charge on any atom is 0.274 e. The minimum Gasteiger partial charge on any atom is -0.494 e. The van der Waals surface area contributed by atoms with E-state index < -0.39 is 0 Å². The fraction of sp³-hybridized carbons (Fsp3) is 0.360. The van der Waals surface area contributed by atoms with Crippen molar-refractivity contribution in [3.63, 3.8) is 0 Å². The van der Waals surface area contributed by atoms with Crippen LogP contribution < -0.4 is 15.6 Å². The molecule has 0 aliphatic rings. The predicted molar refractivity (Wildman–Crippen MR) is 128 cm³/mol. The highest BCUT2D eigenvalue weighted by molar-refractivity contribution is 5.65. The van der Waals surface area contributed by atoms with Crippen LogP contribution in [0.3, 0.4) is 0 Å². The van der Waals surface area contributed by atoms with Crippen LogP contribution >= 0.6 is 0 Å². The normalized spacial score (nSPS) is 12.6. The van der Waals surface area contributed by atoms with Gasteiger partial charge in [0.25, 0.3) is 5.56 Å².